The van der Waals surface area contributed by atoms with Crippen LogP contribution in [0.25, 0.3) is 0 Å². The molecule has 0 aliphatic heterocycles. The number of hydrogen-bond donors (Lipinski definition) is 2. The molecule has 4 aliphatic rings. The molecule has 4 rings (SSSR count). The van der Waals surface area contributed by atoms with Crippen LogP contribution in [0.5, 0.6) is 0 Å². The van der Waals surface area contributed by atoms with Crippen molar-refractivity contribution >= 4 is 17.5 Å². The van der Waals surface area contributed by atoms with Gasteiger partial charge in [-0.15, -0.1) is 0 Å². The van der Waals surface area contributed by atoms with E-state index < -0.39 is 40.9 Å². The van der Waals surface area contributed by atoms with Gasteiger partial charge in [-0.05, 0) is 62.0 Å². The molecule has 4 aliphatic carbocycles. The van der Waals surface area contributed by atoms with Crippen LogP contribution in [-0.4, -0.2) is 46.1 Å². The van der Waals surface area contributed by atoms with Gasteiger partial charge in [-0.3, -0.25) is 14.4 Å². The molecule has 6 nitrogen and oxygen atoms in total. The molecule has 34 heavy (non-hydrogen) atoms. The van der Waals surface area contributed by atoms with Crippen LogP contribution in [-0.2, 0) is 19.1 Å². The zero-order chi connectivity index (χ0) is 24.9. The summed E-state index contributed by atoms with van der Waals surface area (Å²) in [5.74, 6) is -1.05. The Morgan fingerprint density at radius 3 is 2.65 bits per heavy atom. The number of Topliss-reactive ketones (excluding diaryl/α,β-unsaturated/α-hetero) is 1. The van der Waals surface area contributed by atoms with Crippen LogP contribution in [0.3, 0.4) is 0 Å². The lowest BCUT2D eigenvalue weighted by Crippen LogP contribution is -2.63. The van der Waals surface area contributed by atoms with Crippen LogP contribution in [0, 0.1) is 34.5 Å². The van der Waals surface area contributed by atoms with E-state index in [-0.39, 0.29) is 29.5 Å². The van der Waals surface area contributed by atoms with Crippen molar-refractivity contribution in [3.05, 3.63) is 23.8 Å². The van der Waals surface area contributed by atoms with Gasteiger partial charge >= 0.3 is 5.97 Å². The number of aliphatic hydroxyl groups excluding tert-OH is 1. The number of unbranched alkanes of at least 4 members (excludes halogenated alkanes) is 2. The third-order valence-electron chi connectivity index (χ3n) is 9.87. The van der Waals surface area contributed by atoms with Crippen LogP contribution < -0.4 is 0 Å². The first-order valence-corrected chi connectivity index (χ1v) is 13.0. The van der Waals surface area contributed by atoms with E-state index in [0.717, 1.165) is 50.5 Å². The van der Waals surface area contributed by atoms with Crippen molar-refractivity contribution in [2.75, 3.05) is 6.61 Å². The number of carbonyl (C=O) groups excluding carboxylic acids is 3. The van der Waals surface area contributed by atoms with E-state index in [1.807, 2.05) is 13.0 Å². The van der Waals surface area contributed by atoms with Gasteiger partial charge in [-0.25, -0.2) is 0 Å². The number of carbonyl (C=O) groups is 3. The Hall–Kier alpha value is -1.79. The summed E-state index contributed by atoms with van der Waals surface area (Å²) in [5.41, 5.74) is -1.74. The minimum atomic E-state index is -1.64. The lowest BCUT2D eigenvalue weighted by Gasteiger charge is -2.59. The molecule has 0 aromatic carbocycles. The molecule has 2 N–H and O–H groups in total. The summed E-state index contributed by atoms with van der Waals surface area (Å²) in [6, 6.07) is 0. The fraction of sp³-hybridized carbons (Fsp3) is 0.750. The summed E-state index contributed by atoms with van der Waals surface area (Å²) in [7, 11) is 0. The summed E-state index contributed by atoms with van der Waals surface area (Å²) < 4.78 is 5.05. The first-order chi connectivity index (χ1) is 16.0. The molecule has 0 spiro atoms. The molecule has 0 amide bonds. The van der Waals surface area contributed by atoms with Gasteiger partial charge in [-0.2, -0.15) is 0 Å². The lowest BCUT2D eigenvalue weighted by atomic mass is 9.46. The maximum atomic E-state index is 13.5. The van der Waals surface area contributed by atoms with Crippen LogP contribution in [0.15, 0.2) is 23.8 Å². The molecule has 0 saturated heterocycles. The number of aliphatic hydroxyl groups is 2. The number of fused-ring (bicyclic) bond motifs is 5. The highest BCUT2D eigenvalue weighted by Gasteiger charge is 2.71. The standard InChI is InChI=1S/C28H40O6/c1-5-6-7-8-19-14-22-21-10-9-18-13-20(30)11-12-26(18,3)25(21)23(31)15-27(22,4)28(19,33)24(32)16-34-17(2)29/h11-13,19,21-23,25,31,33H,5-10,14-16H2,1-4H3/t19?,21-,22-,23?,25+,26-,27-,28-/m0/s1. The van der Waals surface area contributed by atoms with E-state index in [4.69, 9.17) is 4.74 Å². The van der Waals surface area contributed by atoms with Gasteiger partial charge in [0.15, 0.2) is 12.4 Å². The highest BCUT2D eigenvalue weighted by Crippen LogP contribution is 2.68. The molecule has 0 heterocycles. The van der Waals surface area contributed by atoms with Crippen LogP contribution in [0.1, 0.15) is 79.1 Å². The lowest BCUT2D eigenvalue weighted by molar-refractivity contribution is -0.187. The van der Waals surface area contributed by atoms with Gasteiger partial charge in [0.2, 0.25) is 5.78 Å². The molecule has 0 aromatic heterocycles. The van der Waals surface area contributed by atoms with E-state index in [1.165, 1.54) is 6.92 Å². The van der Waals surface area contributed by atoms with Gasteiger partial charge in [0, 0.05) is 23.7 Å². The number of allylic oxidation sites excluding steroid dienone is 4. The SMILES string of the molecule is CCCCCC1C[C@H]2[C@@H]3CCC4=CC(=O)C=C[C@]4(C)[C@H]3C(O)C[C@]2(C)[C@@]1(O)C(=O)COC(C)=O. The number of ketones is 2. The van der Waals surface area contributed by atoms with Gasteiger partial charge in [0.05, 0.1) is 6.10 Å². The van der Waals surface area contributed by atoms with Crippen LogP contribution in [0.2, 0.25) is 0 Å². The smallest absolute Gasteiger partial charge is 0.303 e. The van der Waals surface area contributed by atoms with E-state index in [9.17, 15) is 24.6 Å². The molecular weight excluding hydrogens is 432 g/mol. The Balaban J connectivity index is 1.71. The molecule has 3 saturated carbocycles. The minimum Gasteiger partial charge on any atom is -0.458 e. The fourth-order valence-corrected chi connectivity index (χ4v) is 8.28. The number of hydrogen-bond acceptors (Lipinski definition) is 6. The quantitative estimate of drug-likeness (QED) is 0.430. The monoisotopic (exact) mass is 472 g/mol. The molecule has 0 aromatic rings. The third-order valence-corrected chi connectivity index (χ3v) is 9.87. The largest absolute Gasteiger partial charge is 0.458 e. The molecule has 188 valence electrons. The van der Waals surface area contributed by atoms with Crippen molar-refractivity contribution in [2.45, 2.75) is 90.8 Å². The molecule has 0 radical (unpaired) electrons. The van der Waals surface area contributed by atoms with Crippen molar-refractivity contribution in [1.82, 2.24) is 0 Å². The first-order valence-electron chi connectivity index (χ1n) is 13.0. The van der Waals surface area contributed by atoms with E-state index in [2.05, 4.69) is 13.8 Å². The van der Waals surface area contributed by atoms with Gasteiger partial charge in [0.25, 0.3) is 0 Å². The Morgan fingerprint density at radius 2 is 1.97 bits per heavy atom. The van der Waals surface area contributed by atoms with Crippen molar-refractivity contribution in [3.63, 3.8) is 0 Å². The van der Waals surface area contributed by atoms with E-state index in [0.29, 0.717) is 6.42 Å². The Kier molecular flexibility index (Phi) is 6.71. The molecule has 0 bridgehead atoms. The topological polar surface area (TPSA) is 101 Å². The summed E-state index contributed by atoms with van der Waals surface area (Å²) in [5, 5.41) is 23.8. The van der Waals surface area contributed by atoms with Gasteiger partial charge < -0.3 is 14.9 Å². The average Bonchev–Trinajstić information content (AvgIpc) is 3.00. The Bertz CT molecular complexity index is 920. The first kappa shape index (κ1) is 25.3. The summed E-state index contributed by atoms with van der Waals surface area (Å²) in [6.07, 6.45) is 11.0. The zero-order valence-corrected chi connectivity index (χ0v) is 21.0. The average molecular weight is 473 g/mol. The maximum Gasteiger partial charge on any atom is 0.303 e. The third kappa shape index (κ3) is 3.72. The highest BCUT2D eigenvalue weighted by molar-refractivity contribution is 6.01. The van der Waals surface area contributed by atoms with Crippen molar-refractivity contribution in [3.8, 4) is 0 Å². The zero-order valence-electron chi connectivity index (χ0n) is 21.0. The highest BCUT2D eigenvalue weighted by atomic mass is 16.5. The Morgan fingerprint density at radius 1 is 1.24 bits per heavy atom. The van der Waals surface area contributed by atoms with Crippen molar-refractivity contribution in [1.29, 1.82) is 0 Å². The second kappa shape index (κ2) is 9.02. The summed E-state index contributed by atoms with van der Waals surface area (Å²) >= 11 is 0. The van der Waals surface area contributed by atoms with Gasteiger partial charge in [-0.1, -0.05) is 51.7 Å². The molecular formula is C28H40O6. The predicted molar refractivity (Wildman–Crippen MR) is 128 cm³/mol. The molecule has 8 atom stereocenters. The predicted octanol–water partition coefficient (Wildman–Crippen LogP) is 3.93. The summed E-state index contributed by atoms with van der Waals surface area (Å²) in [4.78, 5) is 37.0. The number of ether oxygens (including phenoxy) is 1. The normalized spacial score (nSPS) is 42.9. The maximum absolute atomic E-state index is 13.5. The molecule has 6 heteroatoms. The van der Waals surface area contributed by atoms with Crippen molar-refractivity contribution < 1.29 is 29.3 Å². The van der Waals surface area contributed by atoms with E-state index >= 15 is 0 Å². The second-order valence-electron chi connectivity index (χ2n) is 11.6. The molecule has 2 unspecified atom stereocenters. The molecule has 3 fully saturated rings. The van der Waals surface area contributed by atoms with Crippen molar-refractivity contribution in [2.24, 2.45) is 34.5 Å². The fourth-order valence-electron chi connectivity index (χ4n) is 8.28. The Labute approximate surface area is 202 Å². The van der Waals surface area contributed by atoms with Crippen LogP contribution in [0.4, 0.5) is 0 Å². The second-order valence-corrected chi connectivity index (χ2v) is 11.6. The minimum absolute atomic E-state index is 0.00311. The number of esters is 1. The van der Waals surface area contributed by atoms with E-state index in [1.54, 1.807) is 12.2 Å². The van der Waals surface area contributed by atoms with Gasteiger partial charge in [0.1, 0.15) is 5.60 Å². The number of rotatable bonds is 7. The van der Waals surface area contributed by atoms with Crippen LogP contribution >= 0.6 is 0 Å². The summed E-state index contributed by atoms with van der Waals surface area (Å²) in [6.45, 7) is 7.05.